The number of fused-ring (bicyclic) bond motifs is 33. The van der Waals surface area contributed by atoms with Crippen LogP contribution in [-0.4, -0.2) is 58.6 Å². The molecule has 15 heteroatoms. The predicted molar refractivity (Wildman–Crippen MR) is 604 cm³/mol. The summed E-state index contributed by atoms with van der Waals surface area (Å²) in [5.41, 5.74) is 23.3. The van der Waals surface area contributed by atoms with Crippen LogP contribution in [0.1, 0.15) is 6.85 Å². The van der Waals surface area contributed by atoms with Crippen LogP contribution in [0.3, 0.4) is 0 Å². The normalized spacial score (nSPS) is 12.4. The molecule has 0 amide bonds. The smallest absolute Gasteiger partial charge is 0.160 e. The average Bonchev–Trinajstić information content (AvgIpc) is 1.54. The minimum absolute atomic E-state index is 0.00479. The highest BCUT2D eigenvalue weighted by atomic mass is 32.1. The Morgan fingerprint density at radius 3 is 0.792 bits per heavy atom. The van der Waals surface area contributed by atoms with Crippen molar-refractivity contribution < 1.29 is 6.85 Å². The van der Waals surface area contributed by atoms with Crippen LogP contribution in [0.25, 0.3) is 287 Å². The number of nitrogens with zero attached hydrogens (tertiary/aromatic N) is 12. The first-order chi connectivity index (χ1) is 73.5. The molecule has 0 saturated heterocycles. The van der Waals surface area contributed by atoms with Gasteiger partial charge in [0.05, 0.1) is 70.6 Å². The van der Waals surface area contributed by atoms with Gasteiger partial charge in [-0.15, -0.1) is 34.0 Å². The second-order valence-corrected chi connectivity index (χ2v) is 39.2. The maximum atomic E-state index is 8.64. The molecule has 0 N–H and O–H groups in total. The van der Waals surface area contributed by atoms with Gasteiger partial charge < -0.3 is 13.7 Å². The third kappa shape index (κ3) is 13.3. The first kappa shape index (κ1) is 77.4. The summed E-state index contributed by atoms with van der Waals surface area (Å²) in [5.74, 6) is 1.73. The summed E-state index contributed by atoms with van der Waals surface area (Å²) >= 11 is 5.59. The zero-order valence-electron chi connectivity index (χ0n) is 81.6. The molecule has 144 heavy (non-hydrogen) atoms. The molecule has 0 aliphatic rings. The average molecular weight is 1900 g/mol. The van der Waals surface area contributed by atoms with Crippen molar-refractivity contribution in [1.29, 1.82) is 0 Å². The Balaban J connectivity index is 0.000000105. The van der Waals surface area contributed by atoms with Gasteiger partial charge in [0.25, 0.3) is 0 Å². The van der Waals surface area contributed by atoms with Crippen LogP contribution in [0, 0.1) is 0 Å². The van der Waals surface area contributed by atoms with Crippen molar-refractivity contribution in [3.05, 3.63) is 461 Å². The SMILES string of the molecule is [2H]c1c([2H])c([2H])c(-c2nc(-c3ccc(-n4c5ccccc5c5c6ccccc6c6c7ccccc7sc6c54)cc3)nc3cccnc23)c([2H])c1[2H].c1ccc(-c2ccc(-c3nc(-c4ccc(-n5c6ccccc6c6c7ccccc7c7c8ccccc8sc7c65)cc4)nc4cccnc34)cc2)cc1.c1ccc(-c2nc(-c3ccc(-n4c5ccccc5c5c6ccccc6c6c7ccccc7sc6c54)cc3)nc3cccnc23)cc1. The molecule has 31 rings (SSSR count). The van der Waals surface area contributed by atoms with Gasteiger partial charge in [0, 0.05) is 148 Å². The van der Waals surface area contributed by atoms with Crippen molar-refractivity contribution in [3.63, 3.8) is 0 Å². The fraction of sp³-hybridized carbons (Fsp3) is 0. The van der Waals surface area contributed by atoms with Crippen molar-refractivity contribution >= 4 is 225 Å². The number of pyridine rings is 3. The van der Waals surface area contributed by atoms with E-state index >= 15 is 0 Å². The standard InChI is InChI=1S/C47H28N4S.2C41H24N4S/c1-2-11-29(12-3-1)30-20-22-31(23-21-30)43-44-38(17-10-28-48-44)49-47(50-43)32-24-26-33(27-25-32)51-39-18-8-6-15-36(39)41-34-13-4-5-14-35(34)42-37-16-7-9-19-40(37)52-46(42)45(41)51;2*1-2-11-25(12-3-1)37-38-32(17-10-24-42-38)43-41(44-37)26-20-22-27(23-21-26)45-33-18-8-6-15-30(33)35-28-13-4-5-14-29(28)36-31-16-7-9-19-34(31)46-40(36)39(35)45/h1-28H;2*1-24H/i;1D,2D,3D,11D,12D;. The fourth-order valence-electron chi connectivity index (χ4n) is 21.7. The van der Waals surface area contributed by atoms with E-state index in [1.54, 1.807) is 24.5 Å². The second kappa shape index (κ2) is 33.7. The van der Waals surface area contributed by atoms with Gasteiger partial charge in [0.1, 0.15) is 33.6 Å². The number of para-hydroxylation sites is 3. The molecular formula is C129H76N12S3. The van der Waals surface area contributed by atoms with E-state index in [1.807, 2.05) is 101 Å². The number of rotatable bonds is 10. The van der Waals surface area contributed by atoms with E-state index in [9.17, 15) is 0 Å². The van der Waals surface area contributed by atoms with Crippen LogP contribution < -0.4 is 0 Å². The van der Waals surface area contributed by atoms with Crippen LogP contribution in [0.5, 0.6) is 0 Å². The lowest BCUT2D eigenvalue weighted by atomic mass is 9.99. The number of aromatic nitrogens is 12. The Labute approximate surface area is 842 Å². The summed E-state index contributed by atoms with van der Waals surface area (Å²) in [6.07, 6.45) is 5.20. The lowest BCUT2D eigenvalue weighted by molar-refractivity contribution is 1.18. The summed E-state index contributed by atoms with van der Waals surface area (Å²) < 4.78 is 56.9. The largest absolute Gasteiger partial charge is 0.308 e. The molecule has 12 nitrogen and oxygen atoms in total. The predicted octanol–water partition coefficient (Wildman–Crippen LogP) is 34.6. The minimum atomic E-state index is -0.457. The van der Waals surface area contributed by atoms with Gasteiger partial charge >= 0.3 is 0 Å². The molecule has 0 fully saturated rings. The summed E-state index contributed by atoms with van der Waals surface area (Å²) in [6, 6.07) is 143. The first-order valence-electron chi connectivity index (χ1n) is 50.3. The van der Waals surface area contributed by atoms with Gasteiger partial charge in [-0.1, -0.05) is 297 Å². The summed E-state index contributed by atoms with van der Waals surface area (Å²) in [6.45, 7) is 0. The van der Waals surface area contributed by atoms with Crippen molar-refractivity contribution in [2.75, 3.05) is 0 Å². The first-order valence-corrected chi connectivity index (χ1v) is 50.2. The van der Waals surface area contributed by atoms with Gasteiger partial charge in [0.15, 0.2) is 17.5 Å². The molecular weight excluding hydrogens is 1810 g/mol. The highest BCUT2D eigenvalue weighted by Crippen LogP contribution is 2.53. The molecule has 0 atom stereocenters. The zero-order valence-corrected chi connectivity index (χ0v) is 79.0. The minimum Gasteiger partial charge on any atom is -0.308 e. The molecule has 19 aromatic carbocycles. The van der Waals surface area contributed by atoms with E-state index in [2.05, 4.69) is 363 Å². The number of thiophene rings is 3. The lowest BCUT2D eigenvalue weighted by Gasteiger charge is -2.12. The number of benzene rings is 19. The number of hydrogen-bond acceptors (Lipinski definition) is 12. The fourth-order valence-corrected chi connectivity index (χ4v) is 25.5. The maximum absolute atomic E-state index is 8.64. The Kier molecular flexibility index (Phi) is 18.1. The third-order valence-corrected chi connectivity index (χ3v) is 31.6. The van der Waals surface area contributed by atoms with Gasteiger partial charge in [-0.05, 0) is 189 Å². The van der Waals surface area contributed by atoms with Crippen molar-refractivity contribution in [3.8, 4) is 96.1 Å². The monoisotopic (exact) mass is 1890 g/mol. The third-order valence-electron chi connectivity index (χ3n) is 28.0. The molecule has 31 aromatic rings. The highest BCUT2D eigenvalue weighted by Gasteiger charge is 2.28. The van der Waals surface area contributed by atoms with Crippen LogP contribution in [-0.2, 0) is 0 Å². The molecule has 12 heterocycles. The maximum Gasteiger partial charge on any atom is 0.160 e. The Morgan fingerprint density at radius 1 is 0.194 bits per heavy atom. The Bertz CT molecular complexity index is 11000. The van der Waals surface area contributed by atoms with E-state index in [1.165, 1.54) is 153 Å². The molecule has 0 saturated carbocycles. The van der Waals surface area contributed by atoms with Gasteiger partial charge in [0.2, 0.25) is 0 Å². The van der Waals surface area contributed by atoms with Gasteiger partial charge in [-0.25, -0.2) is 29.9 Å². The molecule has 12 aromatic heterocycles. The molecule has 670 valence electrons. The number of hydrogen-bond donors (Lipinski definition) is 0. The Hall–Kier alpha value is -18.5. The highest BCUT2D eigenvalue weighted by molar-refractivity contribution is 7.28. The molecule has 0 aliphatic carbocycles. The van der Waals surface area contributed by atoms with Crippen LogP contribution in [0.15, 0.2) is 461 Å². The molecule has 0 bridgehead atoms. The van der Waals surface area contributed by atoms with Crippen LogP contribution in [0.2, 0.25) is 0 Å². The Morgan fingerprint density at radius 2 is 0.451 bits per heavy atom. The molecule has 0 unspecified atom stereocenters. The summed E-state index contributed by atoms with van der Waals surface area (Å²) in [5, 5.41) is 22.9. The second-order valence-electron chi connectivity index (χ2n) is 36.0. The lowest BCUT2D eigenvalue weighted by Crippen LogP contribution is -1.98. The van der Waals surface area contributed by atoms with E-state index in [0.29, 0.717) is 28.5 Å². The van der Waals surface area contributed by atoms with Gasteiger partial charge in [-0.3, -0.25) is 15.0 Å². The van der Waals surface area contributed by atoms with Crippen molar-refractivity contribution in [2.24, 2.45) is 0 Å². The van der Waals surface area contributed by atoms with Crippen molar-refractivity contribution in [2.45, 2.75) is 0 Å². The quantitative estimate of drug-likeness (QED) is 0.131. The van der Waals surface area contributed by atoms with Crippen molar-refractivity contribution in [1.82, 2.24) is 58.6 Å². The van der Waals surface area contributed by atoms with E-state index in [0.717, 1.165) is 94.9 Å². The van der Waals surface area contributed by atoms with Gasteiger partial charge in [-0.2, -0.15) is 0 Å². The van der Waals surface area contributed by atoms with E-state index in [-0.39, 0.29) is 23.3 Å². The van der Waals surface area contributed by atoms with Crippen LogP contribution in [0.4, 0.5) is 0 Å². The molecule has 0 radical (unpaired) electrons. The molecule has 0 spiro atoms. The zero-order chi connectivity index (χ0) is 98.9. The van der Waals surface area contributed by atoms with E-state index < -0.39 is 18.1 Å². The summed E-state index contributed by atoms with van der Waals surface area (Å²) in [4.78, 5) is 43.6. The summed E-state index contributed by atoms with van der Waals surface area (Å²) in [7, 11) is 0. The topological polar surface area (TPSA) is 131 Å². The van der Waals surface area contributed by atoms with Crippen LogP contribution >= 0.6 is 34.0 Å². The molecule has 0 aliphatic heterocycles. The van der Waals surface area contributed by atoms with E-state index in [4.69, 9.17) is 41.7 Å².